The molecular weight excluding hydrogens is 523 g/mol. The summed E-state index contributed by atoms with van der Waals surface area (Å²) in [6.07, 6.45) is 5.51. The Hall–Kier alpha value is -3.76. The van der Waals surface area contributed by atoms with Gasteiger partial charge in [0.1, 0.15) is 29.5 Å². The van der Waals surface area contributed by atoms with E-state index in [4.69, 9.17) is 13.8 Å². The predicted molar refractivity (Wildman–Crippen MR) is 157 cm³/mol. The molecule has 4 saturated heterocycles. The molecule has 41 heavy (non-hydrogen) atoms. The van der Waals surface area contributed by atoms with Gasteiger partial charge < -0.3 is 25.0 Å². The van der Waals surface area contributed by atoms with E-state index in [-0.39, 0.29) is 41.8 Å². The summed E-state index contributed by atoms with van der Waals surface area (Å²) < 4.78 is 46.1. The van der Waals surface area contributed by atoms with E-state index in [2.05, 4.69) is 15.2 Å². The second kappa shape index (κ2) is 10.3. The third-order valence-corrected chi connectivity index (χ3v) is 8.86. The SMILES string of the molecule is [2H]C([2H])([2H])N1CCC[C@H]1COc1nc(N2CC3CCC2CN3)c2ccn(-c3cc(O)cc4ccc(F)c(CC)c34)c(=O)c2n1. The van der Waals surface area contributed by atoms with Crippen molar-refractivity contribution < 1.29 is 18.3 Å². The number of hydrogen-bond acceptors (Lipinski definition) is 8. The number of piperidine rings is 2. The fraction of sp³-hybridized carbons (Fsp3) is 0.452. The number of aromatic nitrogens is 3. The largest absolute Gasteiger partial charge is 0.508 e. The number of phenols is 1. The first-order valence-corrected chi connectivity index (χ1v) is 14.4. The van der Waals surface area contributed by atoms with Crippen molar-refractivity contribution in [1.82, 2.24) is 24.8 Å². The monoisotopic (exact) mass is 561 g/mol. The molecule has 0 aliphatic carbocycles. The van der Waals surface area contributed by atoms with E-state index in [0.29, 0.717) is 58.7 Å². The second-order valence-corrected chi connectivity index (χ2v) is 11.3. The quantitative estimate of drug-likeness (QED) is 0.368. The summed E-state index contributed by atoms with van der Waals surface area (Å²) in [5, 5.41) is 15.8. The van der Waals surface area contributed by atoms with Crippen LogP contribution in [0, 0.1) is 5.82 Å². The minimum Gasteiger partial charge on any atom is -0.508 e. The minimum atomic E-state index is -2.23. The predicted octanol–water partition coefficient (Wildman–Crippen LogP) is 3.75. The van der Waals surface area contributed by atoms with Gasteiger partial charge in [-0.3, -0.25) is 9.36 Å². The molecule has 0 saturated carbocycles. The maximum Gasteiger partial charge on any atom is 0.319 e. The zero-order valence-corrected chi connectivity index (χ0v) is 22.9. The Labute approximate surface area is 241 Å². The lowest BCUT2D eigenvalue weighted by Gasteiger charge is -2.46. The first-order chi connectivity index (χ1) is 21.1. The minimum absolute atomic E-state index is 0.00945. The molecule has 3 atom stereocenters. The first kappa shape index (κ1) is 22.9. The maximum atomic E-state index is 14.9. The van der Waals surface area contributed by atoms with E-state index >= 15 is 0 Å². The third-order valence-electron chi connectivity index (χ3n) is 8.86. The van der Waals surface area contributed by atoms with Gasteiger partial charge in [-0.2, -0.15) is 9.97 Å². The summed E-state index contributed by atoms with van der Waals surface area (Å²) in [5.74, 6) is 0.172. The lowest BCUT2D eigenvalue weighted by Crippen LogP contribution is -2.61. The molecule has 2 unspecified atom stereocenters. The van der Waals surface area contributed by atoms with Gasteiger partial charge in [0.2, 0.25) is 0 Å². The molecule has 2 bridgehead atoms. The Morgan fingerprint density at radius 2 is 2.12 bits per heavy atom. The van der Waals surface area contributed by atoms with Crippen LogP contribution < -0.4 is 20.5 Å². The third kappa shape index (κ3) is 4.49. The average molecular weight is 562 g/mol. The number of ether oxygens (including phenoxy) is 1. The average Bonchev–Trinajstić information content (AvgIpc) is 3.50. The van der Waals surface area contributed by atoms with Crippen LogP contribution in [0.25, 0.3) is 27.4 Å². The van der Waals surface area contributed by atoms with Crippen LogP contribution in [-0.4, -0.2) is 75.9 Å². The molecule has 4 aromatic rings. The molecule has 214 valence electrons. The van der Waals surface area contributed by atoms with Crippen LogP contribution in [0.5, 0.6) is 11.8 Å². The van der Waals surface area contributed by atoms with Crippen molar-refractivity contribution in [3.05, 3.63) is 58.3 Å². The lowest BCUT2D eigenvalue weighted by molar-refractivity contribution is 0.188. The van der Waals surface area contributed by atoms with Gasteiger partial charge in [-0.05, 0) is 74.8 Å². The zero-order valence-electron chi connectivity index (χ0n) is 25.9. The molecule has 9 nitrogen and oxygen atoms in total. The van der Waals surface area contributed by atoms with Crippen LogP contribution in [0.4, 0.5) is 10.2 Å². The van der Waals surface area contributed by atoms with E-state index in [1.54, 1.807) is 24.4 Å². The summed E-state index contributed by atoms with van der Waals surface area (Å²) in [5.41, 5.74) is 0.474. The Morgan fingerprint density at radius 1 is 1.22 bits per heavy atom. The van der Waals surface area contributed by atoms with Crippen LogP contribution in [0.2, 0.25) is 0 Å². The Balaban J connectivity index is 1.37. The summed E-state index contributed by atoms with van der Waals surface area (Å²) in [6, 6.07) is 7.96. The fourth-order valence-corrected chi connectivity index (χ4v) is 6.72. The number of aromatic hydroxyl groups is 1. The van der Waals surface area contributed by atoms with Crippen molar-refractivity contribution in [3.63, 3.8) is 0 Å². The Bertz CT molecular complexity index is 1810. The summed E-state index contributed by atoms with van der Waals surface area (Å²) in [7, 11) is 0. The standard InChI is InChI=1S/C31H35FN6O3/c1-3-23-25(32)9-6-18-13-22(39)14-26(27(18)23)37-12-10-24-28(30(37)40)34-31(41-17-21-5-4-11-36(21)2)35-29(24)38-16-19-7-8-20(38)15-33-19/h6,9-10,12-14,19-21,33,39H,3-5,7-8,11,15-17H2,1-2H3/t19?,20?,21-/m0/s1/i2D3. The van der Waals surface area contributed by atoms with Crippen molar-refractivity contribution >= 4 is 27.5 Å². The van der Waals surface area contributed by atoms with Gasteiger partial charge in [0, 0.05) is 53.0 Å². The number of likely N-dealkylation sites (tertiary alicyclic amines) is 1. The number of likely N-dealkylation sites (N-methyl/N-ethyl adjacent to an activating group) is 1. The zero-order chi connectivity index (χ0) is 30.7. The number of halogens is 1. The van der Waals surface area contributed by atoms with Crippen molar-refractivity contribution in [2.75, 3.05) is 38.1 Å². The molecular formula is C31H35FN6O3. The van der Waals surface area contributed by atoms with Gasteiger partial charge in [-0.1, -0.05) is 13.0 Å². The maximum absolute atomic E-state index is 14.9. The summed E-state index contributed by atoms with van der Waals surface area (Å²) >= 11 is 0. The van der Waals surface area contributed by atoms with Crippen LogP contribution in [-0.2, 0) is 6.42 Å². The molecule has 2 aromatic carbocycles. The highest BCUT2D eigenvalue weighted by atomic mass is 19.1. The van der Waals surface area contributed by atoms with Gasteiger partial charge in [-0.25, -0.2) is 4.39 Å². The number of pyridine rings is 1. The van der Waals surface area contributed by atoms with E-state index in [1.807, 2.05) is 6.92 Å². The van der Waals surface area contributed by atoms with Gasteiger partial charge in [0.05, 0.1) is 11.1 Å². The molecule has 8 rings (SSSR count). The molecule has 4 fully saturated rings. The van der Waals surface area contributed by atoms with Crippen molar-refractivity contribution in [3.8, 4) is 17.4 Å². The van der Waals surface area contributed by atoms with E-state index in [0.717, 1.165) is 32.4 Å². The highest BCUT2D eigenvalue weighted by Gasteiger charge is 2.35. The normalized spacial score (nSPS) is 24.1. The van der Waals surface area contributed by atoms with E-state index in [1.165, 1.54) is 21.6 Å². The highest BCUT2D eigenvalue weighted by Crippen LogP contribution is 2.35. The molecule has 0 amide bonds. The topological polar surface area (TPSA) is 95.8 Å². The number of nitrogens with one attached hydrogen (secondary N) is 1. The number of nitrogens with zero attached hydrogens (tertiary/aromatic N) is 5. The molecule has 0 radical (unpaired) electrons. The van der Waals surface area contributed by atoms with Gasteiger partial charge in [-0.15, -0.1) is 0 Å². The summed E-state index contributed by atoms with van der Waals surface area (Å²) in [4.78, 5) is 27.4. The van der Waals surface area contributed by atoms with Crippen LogP contribution in [0.3, 0.4) is 0 Å². The summed E-state index contributed by atoms with van der Waals surface area (Å²) in [6.45, 7) is 1.69. The van der Waals surface area contributed by atoms with Gasteiger partial charge in [0.25, 0.3) is 5.56 Å². The van der Waals surface area contributed by atoms with Crippen molar-refractivity contribution in [2.45, 2.75) is 57.2 Å². The Morgan fingerprint density at radius 3 is 2.88 bits per heavy atom. The molecule has 4 aliphatic heterocycles. The van der Waals surface area contributed by atoms with E-state index < -0.39 is 12.5 Å². The van der Waals surface area contributed by atoms with E-state index in [9.17, 15) is 14.3 Å². The lowest BCUT2D eigenvalue weighted by atomic mass is 9.93. The first-order valence-electron chi connectivity index (χ1n) is 15.9. The van der Waals surface area contributed by atoms with Crippen LogP contribution in [0.1, 0.15) is 42.3 Å². The number of aryl methyl sites for hydroxylation is 1. The molecule has 0 spiro atoms. The number of piperazine rings is 1. The van der Waals surface area contributed by atoms with Crippen LogP contribution >= 0.6 is 0 Å². The van der Waals surface area contributed by atoms with Crippen LogP contribution in [0.15, 0.2) is 41.3 Å². The number of anilines is 1. The molecule has 4 aliphatic rings. The number of phenolic OH excluding ortho intramolecular Hbond substituents is 1. The highest BCUT2D eigenvalue weighted by molar-refractivity contribution is 5.95. The second-order valence-electron chi connectivity index (χ2n) is 11.3. The van der Waals surface area contributed by atoms with Gasteiger partial charge in [0.15, 0.2) is 0 Å². The number of benzene rings is 2. The smallest absolute Gasteiger partial charge is 0.319 e. The number of fused-ring (bicyclic) bond motifs is 5. The molecule has 2 aromatic heterocycles. The van der Waals surface area contributed by atoms with Gasteiger partial charge >= 0.3 is 6.01 Å². The number of hydrogen-bond donors (Lipinski definition) is 2. The molecule has 6 heterocycles. The number of rotatable bonds is 6. The molecule has 10 heteroatoms. The Kier molecular flexibility index (Phi) is 5.72. The van der Waals surface area contributed by atoms with Crippen molar-refractivity contribution in [2.24, 2.45) is 0 Å². The van der Waals surface area contributed by atoms with Crippen molar-refractivity contribution in [1.29, 1.82) is 0 Å². The molecule has 2 N–H and O–H groups in total. The fourth-order valence-electron chi connectivity index (χ4n) is 6.72.